The Morgan fingerprint density at radius 3 is 2.54 bits per heavy atom. The van der Waals surface area contributed by atoms with E-state index in [9.17, 15) is 0 Å². The minimum absolute atomic E-state index is 0.126. The van der Waals surface area contributed by atoms with E-state index in [0.29, 0.717) is 33.3 Å². The monoisotopic (exact) mass is 471 g/mol. The van der Waals surface area contributed by atoms with E-state index >= 15 is 0 Å². The summed E-state index contributed by atoms with van der Waals surface area (Å²) in [6, 6.07) is 15.7. The van der Waals surface area contributed by atoms with Crippen LogP contribution in [0.5, 0.6) is 0 Å². The van der Waals surface area contributed by atoms with Gasteiger partial charge < -0.3 is 9.73 Å². The second-order valence-corrected chi connectivity index (χ2v) is 6.69. The highest BCUT2D eigenvalue weighted by Crippen LogP contribution is 2.32. The van der Waals surface area contributed by atoms with Crippen LogP contribution in [0.15, 0.2) is 52.1 Å². The van der Waals surface area contributed by atoms with Crippen LogP contribution >= 0.6 is 34.2 Å². The van der Waals surface area contributed by atoms with Gasteiger partial charge >= 0.3 is 0 Å². The molecule has 0 unspecified atom stereocenters. The fourth-order valence-electron chi connectivity index (χ4n) is 2.21. The van der Waals surface area contributed by atoms with E-state index in [0.717, 1.165) is 3.57 Å². The summed E-state index contributed by atoms with van der Waals surface area (Å²) in [5.41, 5.74) is 1.86. The Hall–Kier alpha value is -3.06. The number of hydrogen-bond acceptors (Lipinski definition) is 6. The highest BCUT2D eigenvalue weighted by molar-refractivity contribution is 14.1. The van der Waals surface area contributed by atoms with Gasteiger partial charge in [0, 0.05) is 9.26 Å². The lowest BCUT2D eigenvalue weighted by Crippen LogP contribution is -2.00. The topological polar surface area (TPSA) is 109 Å². The van der Waals surface area contributed by atoms with Gasteiger partial charge in [0.2, 0.25) is 5.89 Å². The van der Waals surface area contributed by atoms with Crippen molar-refractivity contribution < 1.29 is 4.42 Å². The molecule has 0 saturated carbocycles. The third kappa shape index (κ3) is 3.48. The Labute approximate surface area is 167 Å². The van der Waals surface area contributed by atoms with Crippen LogP contribution in [-0.4, -0.2) is 4.98 Å². The lowest BCUT2D eigenvalue weighted by atomic mass is 10.2. The SMILES string of the molecule is N#CC(C#N)=C(C#N)Nc1ccc2oc(-c3cc(I)ccc3Cl)nc2c1. The number of anilines is 1. The van der Waals surface area contributed by atoms with Crippen molar-refractivity contribution >= 4 is 51.0 Å². The number of allylic oxidation sites excluding steroid dienone is 2. The number of benzene rings is 2. The van der Waals surface area contributed by atoms with Gasteiger partial charge in [-0.25, -0.2) is 4.98 Å². The molecule has 0 aliphatic rings. The summed E-state index contributed by atoms with van der Waals surface area (Å²) in [6.45, 7) is 0. The molecule has 0 bridgehead atoms. The summed E-state index contributed by atoms with van der Waals surface area (Å²) in [5.74, 6) is 0.381. The van der Waals surface area contributed by atoms with Crippen LogP contribution in [0, 0.1) is 37.6 Å². The number of nitrogens with zero attached hydrogens (tertiary/aromatic N) is 4. The van der Waals surface area contributed by atoms with E-state index in [4.69, 9.17) is 31.8 Å². The molecule has 0 aliphatic carbocycles. The largest absolute Gasteiger partial charge is 0.436 e. The summed E-state index contributed by atoms with van der Waals surface area (Å²) in [4.78, 5) is 4.44. The molecule has 3 aromatic rings. The van der Waals surface area contributed by atoms with Crippen LogP contribution in [-0.2, 0) is 0 Å². The van der Waals surface area contributed by atoms with E-state index in [1.54, 1.807) is 42.5 Å². The van der Waals surface area contributed by atoms with E-state index in [1.165, 1.54) is 0 Å². The second kappa shape index (κ2) is 7.45. The molecule has 26 heavy (non-hydrogen) atoms. The normalized spacial score (nSPS) is 9.81. The van der Waals surface area contributed by atoms with E-state index in [2.05, 4.69) is 32.9 Å². The van der Waals surface area contributed by atoms with Crippen LogP contribution in [0.4, 0.5) is 5.69 Å². The molecule has 1 N–H and O–H groups in total. The third-order valence-electron chi connectivity index (χ3n) is 3.40. The average Bonchev–Trinajstić information content (AvgIpc) is 3.06. The van der Waals surface area contributed by atoms with Gasteiger partial charge in [0.15, 0.2) is 11.2 Å². The summed E-state index contributed by atoms with van der Waals surface area (Å²) < 4.78 is 6.75. The fraction of sp³-hybridized carbons (Fsp3) is 0. The zero-order valence-corrected chi connectivity index (χ0v) is 15.8. The van der Waals surface area contributed by atoms with Gasteiger partial charge in [0.25, 0.3) is 0 Å². The number of aromatic nitrogens is 1. The third-order valence-corrected chi connectivity index (χ3v) is 4.40. The Kier molecular flexibility index (Phi) is 5.09. The molecular weight excluding hydrogens is 465 g/mol. The molecule has 0 amide bonds. The molecule has 124 valence electrons. The Morgan fingerprint density at radius 2 is 1.85 bits per heavy atom. The lowest BCUT2D eigenvalue weighted by Gasteiger charge is -2.03. The van der Waals surface area contributed by atoms with Crippen molar-refractivity contribution in [2.75, 3.05) is 5.32 Å². The summed E-state index contributed by atoms with van der Waals surface area (Å²) >= 11 is 8.40. The molecule has 0 aliphatic heterocycles. The first kappa shape index (κ1) is 17.8. The summed E-state index contributed by atoms with van der Waals surface area (Å²) in [7, 11) is 0. The van der Waals surface area contributed by atoms with Crippen LogP contribution in [0.1, 0.15) is 0 Å². The Morgan fingerprint density at radius 1 is 1.08 bits per heavy atom. The number of nitriles is 3. The first-order chi connectivity index (χ1) is 12.5. The van der Waals surface area contributed by atoms with Gasteiger partial charge in [-0.15, -0.1) is 0 Å². The minimum Gasteiger partial charge on any atom is -0.436 e. The maximum absolute atomic E-state index is 9.12. The molecule has 0 spiro atoms. The lowest BCUT2D eigenvalue weighted by molar-refractivity contribution is 0.620. The molecule has 6 nitrogen and oxygen atoms in total. The predicted molar refractivity (Wildman–Crippen MR) is 105 cm³/mol. The van der Waals surface area contributed by atoms with Gasteiger partial charge in [-0.2, -0.15) is 15.8 Å². The molecule has 0 saturated heterocycles. The van der Waals surface area contributed by atoms with E-state index in [1.807, 2.05) is 12.1 Å². The molecule has 8 heteroatoms. The molecule has 0 atom stereocenters. The first-order valence-corrected chi connectivity index (χ1v) is 8.59. The summed E-state index contributed by atoms with van der Waals surface area (Å²) in [6.07, 6.45) is 0. The van der Waals surface area contributed by atoms with E-state index in [-0.39, 0.29) is 11.3 Å². The van der Waals surface area contributed by atoms with E-state index < -0.39 is 0 Å². The zero-order chi connectivity index (χ0) is 18.7. The van der Waals surface area contributed by atoms with Crippen molar-refractivity contribution in [3.05, 3.63) is 56.3 Å². The number of halogens is 2. The summed E-state index contributed by atoms with van der Waals surface area (Å²) in [5, 5.41) is 30.2. The minimum atomic E-state index is -0.293. The van der Waals surface area contributed by atoms with Crippen molar-refractivity contribution in [1.82, 2.24) is 4.98 Å². The Bertz CT molecular complexity index is 1160. The van der Waals surface area contributed by atoms with Crippen molar-refractivity contribution in [1.29, 1.82) is 15.8 Å². The highest BCUT2D eigenvalue weighted by Gasteiger charge is 2.13. The van der Waals surface area contributed by atoms with Crippen LogP contribution in [0.25, 0.3) is 22.6 Å². The van der Waals surface area contributed by atoms with Crippen LogP contribution in [0.2, 0.25) is 5.02 Å². The number of oxazole rings is 1. The maximum Gasteiger partial charge on any atom is 0.228 e. The molecule has 1 heterocycles. The van der Waals surface area contributed by atoms with Gasteiger partial charge in [-0.1, -0.05) is 11.6 Å². The second-order valence-electron chi connectivity index (χ2n) is 5.04. The molecule has 0 radical (unpaired) electrons. The number of nitrogens with one attached hydrogen (secondary N) is 1. The number of fused-ring (bicyclic) bond motifs is 1. The smallest absolute Gasteiger partial charge is 0.228 e. The predicted octanol–water partition coefficient (Wildman–Crippen LogP) is 4.99. The first-order valence-electron chi connectivity index (χ1n) is 7.13. The number of rotatable bonds is 3. The molecule has 3 rings (SSSR count). The van der Waals surface area contributed by atoms with Gasteiger partial charge in [-0.05, 0) is 59.0 Å². The van der Waals surface area contributed by atoms with Gasteiger partial charge in [-0.3, -0.25) is 0 Å². The standard InChI is InChI=1S/C18H7ClIN5O/c19-14-3-1-11(20)5-13(14)18-25-15-6-12(2-4-17(15)26-18)24-16(9-23)10(7-21)8-22/h1-6,24H. The molecule has 1 aromatic heterocycles. The Balaban J connectivity index is 2.03. The van der Waals surface area contributed by atoms with Crippen LogP contribution < -0.4 is 5.32 Å². The van der Waals surface area contributed by atoms with Crippen molar-refractivity contribution in [2.24, 2.45) is 0 Å². The fourth-order valence-corrected chi connectivity index (χ4v) is 2.90. The van der Waals surface area contributed by atoms with Crippen LogP contribution in [0.3, 0.4) is 0 Å². The van der Waals surface area contributed by atoms with Crippen molar-refractivity contribution in [3.63, 3.8) is 0 Å². The highest BCUT2D eigenvalue weighted by atomic mass is 127. The van der Waals surface area contributed by atoms with Crippen molar-refractivity contribution in [2.45, 2.75) is 0 Å². The zero-order valence-electron chi connectivity index (χ0n) is 12.9. The van der Waals surface area contributed by atoms with Crippen molar-refractivity contribution in [3.8, 4) is 29.7 Å². The molecular formula is C18H7ClIN5O. The quantitative estimate of drug-likeness (QED) is 0.426. The number of hydrogen-bond donors (Lipinski definition) is 1. The van der Waals surface area contributed by atoms with Gasteiger partial charge in [0.1, 0.15) is 29.4 Å². The van der Waals surface area contributed by atoms with Gasteiger partial charge in [0.05, 0.1) is 10.6 Å². The maximum atomic E-state index is 9.12. The molecule has 2 aromatic carbocycles. The molecule has 0 fully saturated rings. The average molecular weight is 472 g/mol.